The summed E-state index contributed by atoms with van der Waals surface area (Å²) in [6.07, 6.45) is 1.15. The zero-order valence-corrected chi connectivity index (χ0v) is 11.9. The van der Waals surface area contributed by atoms with E-state index in [-0.39, 0.29) is 0 Å². The van der Waals surface area contributed by atoms with Gasteiger partial charge in [0.1, 0.15) is 0 Å². The normalized spacial score (nSPS) is 10.8. The monoisotopic (exact) mass is 250 g/mol. The summed E-state index contributed by atoms with van der Waals surface area (Å²) in [5.74, 6) is 0. The second-order valence-electron chi connectivity index (χ2n) is 4.69. The molecule has 0 heterocycles. The number of rotatable bonds is 9. The Balaban J connectivity index is 2.05. The van der Waals surface area contributed by atoms with E-state index in [4.69, 9.17) is 4.74 Å². The minimum absolute atomic E-state index is 0.788. The SMILES string of the molecule is COCCNCCCNCc1ccc(C)c(C)c1. The van der Waals surface area contributed by atoms with E-state index in [1.54, 1.807) is 7.11 Å². The van der Waals surface area contributed by atoms with Crippen LogP contribution < -0.4 is 10.6 Å². The van der Waals surface area contributed by atoms with E-state index < -0.39 is 0 Å². The predicted molar refractivity (Wildman–Crippen MR) is 77.0 cm³/mol. The molecule has 0 saturated heterocycles. The van der Waals surface area contributed by atoms with Gasteiger partial charge in [-0.2, -0.15) is 0 Å². The third-order valence-electron chi connectivity index (χ3n) is 3.09. The lowest BCUT2D eigenvalue weighted by Crippen LogP contribution is -2.24. The highest BCUT2D eigenvalue weighted by Crippen LogP contribution is 2.09. The van der Waals surface area contributed by atoms with E-state index in [0.29, 0.717) is 0 Å². The number of aryl methyl sites for hydroxylation is 2. The second kappa shape index (κ2) is 9.09. The van der Waals surface area contributed by atoms with E-state index in [1.807, 2.05) is 0 Å². The van der Waals surface area contributed by atoms with Gasteiger partial charge >= 0.3 is 0 Å². The first-order chi connectivity index (χ1) is 8.74. The third-order valence-corrected chi connectivity index (χ3v) is 3.09. The maximum Gasteiger partial charge on any atom is 0.0587 e. The van der Waals surface area contributed by atoms with E-state index in [9.17, 15) is 0 Å². The Kier molecular flexibility index (Phi) is 7.65. The summed E-state index contributed by atoms with van der Waals surface area (Å²) in [4.78, 5) is 0. The highest BCUT2D eigenvalue weighted by molar-refractivity contribution is 5.29. The molecule has 1 aromatic carbocycles. The quantitative estimate of drug-likeness (QED) is 0.658. The number of hydrogen-bond acceptors (Lipinski definition) is 3. The van der Waals surface area contributed by atoms with Crippen molar-refractivity contribution in [1.82, 2.24) is 10.6 Å². The molecule has 0 radical (unpaired) electrons. The van der Waals surface area contributed by atoms with Crippen LogP contribution in [0.2, 0.25) is 0 Å². The third kappa shape index (κ3) is 6.15. The fourth-order valence-electron chi connectivity index (χ4n) is 1.78. The molecule has 0 spiro atoms. The zero-order chi connectivity index (χ0) is 13.2. The summed E-state index contributed by atoms with van der Waals surface area (Å²) in [5.41, 5.74) is 4.10. The van der Waals surface area contributed by atoms with Gasteiger partial charge in [-0.1, -0.05) is 18.2 Å². The smallest absolute Gasteiger partial charge is 0.0587 e. The Morgan fingerprint density at radius 2 is 1.78 bits per heavy atom. The molecule has 1 rings (SSSR count). The van der Waals surface area contributed by atoms with Gasteiger partial charge in [0.15, 0.2) is 0 Å². The summed E-state index contributed by atoms with van der Waals surface area (Å²) in [6.45, 7) is 9.09. The molecule has 1 aromatic rings. The second-order valence-corrected chi connectivity index (χ2v) is 4.69. The Labute approximate surface area is 111 Å². The van der Waals surface area contributed by atoms with Gasteiger partial charge in [-0.25, -0.2) is 0 Å². The fourth-order valence-corrected chi connectivity index (χ4v) is 1.78. The van der Waals surface area contributed by atoms with Crippen LogP contribution in [0.4, 0.5) is 0 Å². The first-order valence-electron chi connectivity index (χ1n) is 6.70. The van der Waals surface area contributed by atoms with Crippen LogP contribution in [-0.2, 0) is 11.3 Å². The molecule has 3 heteroatoms. The number of benzene rings is 1. The maximum absolute atomic E-state index is 4.97. The lowest BCUT2D eigenvalue weighted by molar-refractivity contribution is 0.199. The lowest BCUT2D eigenvalue weighted by atomic mass is 10.1. The lowest BCUT2D eigenvalue weighted by Gasteiger charge is -2.08. The number of ether oxygens (including phenoxy) is 1. The van der Waals surface area contributed by atoms with Gasteiger partial charge in [-0.15, -0.1) is 0 Å². The number of hydrogen-bond donors (Lipinski definition) is 2. The topological polar surface area (TPSA) is 33.3 Å². The van der Waals surface area contributed by atoms with Crippen molar-refractivity contribution >= 4 is 0 Å². The molecule has 0 amide bonds. The van der Waals surface area contributed by atoms with Crippen molar-refractivity contribution in [3.8, 4) is 0 Å². The summed E-state index contributed by atoms with van der Waals surface area (Å²) >= 11 is 0. The molecule has 3 nitrogen and oxygen atoms in total. The Hall–Kier alpha value is -0.900. The minimum atomic E-state index is 0.788. The van der Waals surface area contributed by atoms with Crippen LogP contribution in [0, 0.1) is 13.8 Å². The average Bonchev–Trinajstić information content (AvgIpc) is 2.37. The Morgan fingerprint density at radius 1 is 1.00 bits per heavy atom. The van der Waals surface area contributed by atoms with Crippen LogP contribution in [0.3, 0.4) is 0 Å². The fraction of sp³-hybridized carbons (Fsp3) is 0.600. The molecule has 0 aromatic heterocycles. The molecular formula is C15H26N2O. The van der Waals surface area contributed by atoms with Crippen LogP contribution in [-0.4, -0.2) is 33.4 Å². The standard InChI is InChI=1S/C15H26N2O/c1-13-5-6-15(11-14(13)2)12-17-8-4-7-16-9-10-18-3/h5-6,11,16-17H,4,7-10,12H2,1-3H3. The van der Waals surface area contributed by atoms with E-state index in [2.05, 4.69) is 42.7 Å². The van der Waals surface area contributed by atoms with Crippen LogP contribution in [0.5, 0.6) is 0 Å². The first kappa shape index (κ1) is 15.2. The Morgan fingerprint density at radius 3 is 2.50 bits per heavy atom. The molecule has 0 aliphatic heterocycles. The van der Waals surface area contributed by atoms with Crippen LogP contribution >= 0.6 is 0 Å². The van der Waals surface area contributed by atoms with Crippen LogP contribution in [0.15, 0.2) is 18.2 Å². The molecule has 102 valence electrons. The van der Waals surface area contributed by atoms with Crippen molar-refractivity contribution in [3.05, 3.63) is 34.9 Å². The summed E-state index contributed by atoms with van der Waals surface area (Å²) in [6, 6.07) is 6.66. The van der Waals surface area contributed by atoms with Crippen LogP contribution in [0.25, 0.3) is 0 Å². The Bertz CT molecular complexity index is 339. The molecule has 18 heavy (non-hydrogen) atoms. The maximum atomic E-state index is 4.97. The minimum Gasteiger partial charge on any atom is -0.383 e. The van der Waals surface area contributed by atoms with Crippen molar-refractivity contribution in [3.63, 3.8) is 0 Å². The average molecular weight is 250 g/mol. The van der Waals surface area contributed by atoms with Gasteiger partial charge < -0.3 is 15.4 Å². The van der Waals surface area contributed by atoms with E-state index in [1.165, 1.54) is 16.7 Å². The highest BCUT2D eigenvalue weighted by atomic mass is 16.5. The molecule has 0 saturated carbocycles. The first-order valence-corrected chi connectivity index (χ1v) is 6.70. The van der Waals surface area contributed by atoms with Gasteiger partial charge in [-0.3, -0.25) is 0 Å². The molecule has 0 atom stereocenters. The molecule has 2 N–H and O–H groups in total. The van der Waals surface area contributed by atoms with Gasteiger partial charge in [0, 0.05) is 20.2 Å². The number of nitrogens with one attached hydrogen (secondary N) is 2. The predicted octanol–water partition coefficient (Wildman–Crippen LogP) is 2.02. The van der Waals surface area contributed by atoms with Crippen molar-refractivity contribution in [2.24, 2.45) is 0 Å². The van der Waals surface area contributed by atoms with E-state index in [0.717, 1.165) is 39.2 Å². The van der Waals surface area contributed by atoms with Crippen molar-refractivity contribution in [2.45, 2.75) is 26.8 Å². The van der Waals surface area contributed by atoms with Crippen molar-refractivity contribution in [1.29, 1.82) is 0 Å². The summed E-state index contributed by atoms with van der Waals surface area (Å²) in [7, 11) is 1.73. The van der Waals surface area contributed by atoms with Gasteiger partial charge in [0.25, 0.3) is 0 Å². The van der Waals surface area contributed by atoms with Crippen LogP contribution in [0.1, 0.15) is 23.1 Å². The zero-order valence-electron chi connectivity index (χ0n) is 11.9. The molecule has 0 unspecified atom stereocenters. The summed E-state index contributed by atoms with van der Waals surface area (Å²) < 4.78 is 4.97. The molecule has 0 fully saturated rings. The molecular weight excluding hydrogens is 224 g/mol. The van der Waals surface area contributed by atoms with E-state index >= 15 is 0 Å². The largest absolute Gasteiger partial charge is 0.383 e. The van der Waals surface area contributed by atoms with Gasteiger partial charge in [-0.05, 0) is 50.0 Å². The number of methoxy groups -OCH3 is 1. The van der Waals surface area contributed by atoms with Gasteiger partial charge in [0.05, 0.1) is 6.61 Å². The van der Waals surface area contributed by atoms with Crippen molar-refractivity contribution < 1.29 is 4.74 Å². The molecule has 0 aliphatic carbocycles. The highest BCUT2D eigenvalue weighted by Gasteiger charge is 1.96. The summed E-state index contributed by atoms with van der Waals surface area (Å²) in [5, 5.41) is 6.80. The molecule has 0 aliphatic rings. The van der Waals surface area contributed by atoms with Gasteiger partial charge in [0.2, 0.25) is 0 Å². The molecule has 0 bridgehead atoms. The van der Waals surface area contributed by atoms with Crippen molar-refractivity contribution in [2.75, 3.05) is 33.4 Å².